The Hall–Kier alpha value is -2.86. The number of hydrogen-bond donors (Lipinski definition) is 0. The van der Waals surface area contributed by atoms with Gasteiger partial charge >= 0.3 is 0 Å². The van der Waals surface area contributed by atoms with Gasteiger partial charge in [0.1, 0.15) is 5.82 Å². The minimum Gasteiger partial charge on any atom is -0.342 e. The molecule has 4 heterocycles. The van der Waals surface area contributed by atoms with Crippen LogP contribution in [0, 0.1) is 5.92 Å². The summed E-state index contributed by atoms with van der Waals surface area (Å²) in [5, 5.41) is 4.71. The summed E-state index contributed by atoms with van der Waals surface area (Å²) in [6.45, 7) is 4.69. The van der Waals surface area contributed by atoms with Crippen LogP contribution >= 0.6 is 0 Å². The number of carbonyl (C=O) groups excluding carboxylic acids is 1. The Morgan fingerprint density at radius 3 is 2.33 bits per heavy atom. The maximum Gasteiger partial charge on any atom is 0.225 e. The van der Waals surface area contributed by atoms with E-state index in [1.165, 1.54) is 5.56 Å². The summed E-state index contributed by atoms with van der Waals surface area (Å²) in [7, 11) is 0. The lowest BCUT2D eigenvalue weighted by Gasteiger charge is -2.33. The second-order valence-electron chi connectivity index (χ2n) is 8.41. The van der Waals surface area contributed by atoms with Crippen molar-refractivity contribution in [2.45, 2.75) is 32.2 Å². The first-order valence-electron chi connectivity index (χ1n) is 11.1. The zero-order chi connectivity index (χ0) is 20.3. The number of rotatable bonds is 5. The van der Waals surface area contributed by atoms with Gasteiger partial charge in [-0.25, -0.2) is 4.68 Å². The maximum atomic E-state index is 12.7. The SMILES string of the molecule is O=C(C1CCN(Cc2cnn(-c3ccccc3)c2-n2cccc2)CC1)N1CCCC1. The summed E-state index contributed by atoms with van der Waals surface area (Å²) >= 11 is 0. The first-order valence-corrected chi connectivity index (χ1v) is 11.1. The van der Waals surface area contributed by atoms with Crippen molar-refractivity contribution in [3.63, 3.8) is 0 Å². The number of amides is 1. The smallest absolute Gasteiger partial charge is 0.225 e. The lowest BCUT2D eigenvalue weighted by atomic mass is 9.95. The normalized spacial score (nSPS) is 18.2. The van der Waals surface area contributed by atoms with Crippen molar-refractivity contribution in [3.8, 4) is 11.5 Å². The van der Waals surface area contributed by atoms with E-state index < -0.39 is 0 Å². The topological polar surface area (TPSA) is 46.3 Å². The summed E-state index contributed by atoms with van der Waals surface area (Å²) in [5.41, 5.74) is 2.27. The molecule has 6 heteroatoms. The van der Waals surface area contributed by atoms with Gasteiger partial charge in [-0.15, -0.1) is 0 Å². The predicted molar refractivity (Wildman–Crippen MR) is 117 cm³/mol. The van der Waals surface area contributed by atoms with E-state index in [9.17, 15) is 4.79 Å². The van der Waals surface area contributed by atoms with E-state index in [-0.39, 0.29) is 5.92 Å². The third-order valence-corrected chi connectivity index (χ3v) is 6.42. The molecular formula is C24H29N5O. The van der Waals surface area contributed by atoms with Crippen molar-refractivity contribution in [1.82, 2.24) is 24.1 Å². The van der Waals surface area contributed by atoms with Gasteiger partial charge in [0.15, 0.2) is 0 Å². The van der Waals surface area contributed by atoms with Crippen LogP contribution in [0.1, 0.15) is 31.2 Å². The van der Waals surface area contributed by atoms with E-state index in [2.05, 4.69) is 38.9 Å². The fourth-order valence-corrected chi connectivity index (χ4v) is 4.77. The highest BCUT2D eigenvalue weighted by atomic mass is 16.2. The minimum atomic E-state index is 0.204. The molecule has 2 aliphatic rings. The second-order valence-corrected chi connectivity index (χ2v) is 8.41. The molecule has 0 spiro atoms. The first-order chi connectivity index (χ1) is 14.8. The van der Waals surface area contributed by atoms with E-state index in [0.29, 0.717) is 5.91 Å². The molecule has 2 fully saturated rings. The van der Waals surface area contributed by atoms with Crippen LogP contribution in [0.25, 0.3) is 11.5 Å². The first kappa shape index (κ1) is 19.1. The van der Waals surface area contributed by atoms with Gasteiger partial charge in [0, 0.05) is 43.5 Å². The van der Waals surface area contributed by atoms with Crippen LogP contribution in [0.5, 0.6) is 0 Å². The van der Waals surface area contributed by atoms with Crippen LogP contribution in [-0.4, -0.2) is 56.2 Å². The molecule has 0 saturated carbocycles. The number of hydrogen-bond acceptors (Lipinski definition) is 3. The molecule has 3 aromatic rings. The zero-order valence-electron chi connectivity index (χ0n) is 17.4. The van der Waals surface area contributed by atoms with Gasteiger partial charge in [0.25, 0.3) is 0 Å². The van der Waals surface area contributed by atoms with Gasteiger partial charge in [0.05, 0.1) is 11.9 Å². The molecule has 30 heavy (non-hydrogen) atoms. The highest BCUT2D eigenvalue weighted by molar-refractivity contribution is 5.79. The van der Waals surface area contributed by atoms with Gasteiger partial charge in [-0.05, 0) is 63.0 Å². The molecule has 2 saturated heterocycles. The van der Waals surface area contributed by atoms with E-state index >= 15 is 0 Å². The third kappa shape index (κ3) is 3.79. The van der Waals surface area contributed by atoms with E-state index in [4.69, 9.17) is 5.10 Å². The van der Waals surface area contributed by atoms with E-state index in [1.807, 2.05) is 41.2 Å². The standard InChI is InChI=1S/C24H29N5O/c30-24(28-14-6-7-15-28)20-10-16-26(17-11-20)19-21-18-25-29(22-8-2-1-3-9-22)23(21)27-12-4-5-13-27/h1-5,8-9,12-13,18,20H,6-7,10-11,14-17,19H2. The summed E-state index contributed by atoms with van der Waals surface area (Å²) in [5.74, 6) is 1.67. The largest absolute Gasteiger partial charge is 0.342 e. The van der Waals surface area contributed by atoms with Crippen LogP contribution in [0.4, 0.5) is 0 Å². The maximum absolute atomic E-state index is 12.7. The average Bonchev–Trinajstić information content (AvgIpc) is 3.56. The number of para-hydroxylation sites is 1. The number of carbonyl (C=O) groups is 1. The Kier molecular flexibility index (Phi) is 5.41. The molecule has 0 unspecified atom stereocenters. The van der Waals surface area contributed by atoms with Gasteiger partial charge in [-0.1, -0.05) is 18.2 Å². The fourth-order valence-electron chi connectivity index (χ4n) is 4.77. The van der Waals surface area contributed by atoms with Crippen LogP contribution in [0.2, 0.25) is 0 Å². The molecule has 0 aliphatic carbocycles. The fraction of sp³-hybridized carbons (Fsp3) is 0.417. The van der Waals surface area contributed by atoms with Crippen molar-refractivity contribution in [1.29, 1.82) is 0 Å². The molecule has 156 valence electrons. The number of benzene rings is 1. The van der Waals surface area contributed by atoms with Crippen molar-refractivity contribution in [3.05, 3.63) is 66.6 Å². The lowest BCUT2D eigenvalue weighted by Crippen LogP contribution is -2.41. The summed E-state index contributed by atoms with van der Waals surface area (Å²) in [6, 6.07) is 14.4. The Labute approximate surface area is 177 Å². The number of piperidine rings is 1. The molecule has 0 N–H and O–H groups in total. The minimum absolute atomic E-state index is 0.204. The van der Waals surface area contributed by atoms with Gasteiger partial charge in [-0.3, -0.25) is 9.69 Å². The lowest BCUT2D eigenvalue weighted by molar-refractivity contribution is -0.136. The Balaban J connectivity index is 1.31. The summed E-state index contributed by atoms with van der Waals surface area (Å²) in [4.78, 5) is 17.3. The molecule has 2 aromatic heterocycles. The number of aromatic nitrogens is 3. The van der Waals surface area contributed by atoms with Crippen molar-refractivity contribution in [2.75, 3.05) is 26.2 Å². The summed E-state index contributed by atoms with van der Waals surface area (Å²) < 4.78 is 4.15. The molecule has 5 rings (SSSR count). The van der Waals surface area contributed by atoms with Crippen LogP contribution in [0.15, 0.2) is 61.1 Å². The third-order valence-electron chi connectivity index (χ3n) is 6.42. The molecule has 0 bridgehead atoms. The highest BCUT2D eigenvalue weighted by Crippen LogP contribution is 2.26. The molecule has 2 aliphatic heterocycles. The van der Waals surface area contributed by atoms with E-state index in [0.717, 1.165) is 69.9 Å². The predicted octanol–water partition coefficient (Wildman–Crippen LogP) is 3.50. The highest BCUT2D eigenvalue weighted by Gasteiger charge is 2.30. The Morgan fingerprint density at radius 2 is 1.63 bits per heavy atom. The van der Waals surface area contributed by atoms with Gasteiger partial charge in [0.2, 0.25) is 5.91 Å². The molecule has 1 amide bonds. The number of likely N-dealkylation sites (tertiary alicyclic amines) is 2. The summed E-state index contributed by atoms with van der Waals surface area (Å²) in [6.07, 6.45) is 10.4. The molecule has 0 atom stereocenters. The quantitative estimate of drug-likeness (QED) is 0.655. The van der Waals surface area contributed by atoms with Crippen LogP contribution in [-0.2, 0) is 11.3 Å². The monoisotopic (exact) mass is 403 g/mol. The van der Waals surface area contributed by atoms with E-state index in [1.54, 1.807) is 0 Å². The molecule has 0 radical (unpaired) electrons. The van der Waals surface area contributed by atoms with Crippen LogP contribution in [0.3, 0.4) is 0 Å². The van der Waals surface area contributed by atoms with Gasteiger partial charge in [-0.2, -0.15) is 5.10 Å². The molecule has 6 nitrogen and oxygen atoms in total. The van der Waals surface area contributed by atoms with Crippen molar-refractivity contribution >= 4 is 5.91 Å². The second kappa shape index (κ2) is 8.48. The Morgan fingerprint density at radius 1 is 0.933 bits per heavy atom. The van der Waals surface area contributed by atoms with Crippen molar-refractivity contribution < 1.29 is 4.79 Å². The molecule has 1 aromatic carbocycles. The average molecular weight is 404 g/mol. The zero-order valence-corrected chi connectivity index (χ0v) is 17.4. The number of nitrogens with zero attached hydrogens (tertiary/aromatic N) is 5. The molecular weight excluding hydrogens is 374 g/mol. The van der Waals surface area contributed by atoms with Crippen LogP contribution < -0.4 is 0 Å². The van der Waals surface area contributed by atoms with Crippen molar-refractivity contribution in [2.24, 2.45) is 5.92 Å². The van der Waals surface area contributed by atoms with Gasteiger partial charge < -0.3 is 9.47 Å². The Bertz CT molecular complexity index is 964.